The molecule has 0 saturated carbocycles. The third kappa shape index (κ3) is 3.96. The van der Waals surface area contributed by atoms with Gasteiger partial charge in [-0.1, -0.05) is 6.07 Å². The van der Waals surface area contributed by atoms with Gasteiger partial charge in [-0.2, -0.15) is 0 Å². The van der Waals surface area contributed by atoms with Crippen LogP contribution in [0.4, 0.5) is 10.1 Å². The van der Waals surface area contributed by atoms with Crippen molar-refractivity contribution in [3.63, 3.8) is 0 Å². The van der Waals surface area contributed by atoms with Crippen molar-refractivity contribution in [2.75, 3.05) is 18.0 Å². The van der Waals surface area contributed by atoms with Crippen molar-refractivity contribution in [1.29, 1.82) is 0 Å². The molecule has 0 bridgehead atoms. The van der Waals surface area contributed by atoms with Gasteiger partial charge in [0, 0.05) is 39.4 Å². The van der Waals surface area contributed by atoms with Crippen LogP contribution in [0.25, 0.3) is 0 Å². The van der Waals surface area contributed by atoms with Crippen LogP contribution in [0.2, 0.25) is 0 Å². The summed E-state index contributed by atoms with van der Waals surface area (Å²) in [6.07, 6.45) is 2.48. The van der Waals surface area contributed by atoms with Crippen molar-refractivity contribution >= 4 is 15.7 Å². The van der Waals surface area contributed by atoms with Gasteiger partial charge in [-0.25, -0.2) is 22.3 Å². The van der Waals surface area contributed by atoms with Crippen LogP contribution >= 0.6 is 0 Å². The van der Waals surface area contributed by atoms with Crippen LogP contribution in [0.3, 0.4) is 0 Å². The summed E-state index contributed by atoms with van der Waals surface area (Å²) >= 11 is 0. The Morgan fingerprint density at radius 3 is 2.44 bits per heavy atom. The zero-order valence-corrected chi connectivity index (χ0v) is 15.9. The van der Waals surface area contributed by atoms with E-state index in [1.807, 2.05) is 4.90 Å². The molecule has 10 heteroatoms. The smallest absolute Gasteiger partial charge is 0.330 e. The van der Waals surface area contributed by atoms with E-state index in [0.717, 1.165) is 10.6 Å². The number of hydrogen-bond acceptors (Lipinski definition) is 5. The summed E-state index contributed by atoms with van der Waals surface area (Å²) in [5.41, 5.74) is -0.371. The van der Waals surface area contributed by atoms with E-state index < -0.39 is 21.5 Å². The molecule has 0 radical (unpaired) electrons. The average Bonchev–Trinajstić information content (AvgIpc) is 2.63. The minimum absolute atomic E-state index is 0.114. The summed E-state index contributed by atoms with van der Waals surface area (Å²) in [5.74, 6) is -0.613. The molecule has 1 aliphatic rings. The molecule has 0 unspecified atom stereocenters. The van der Waals surface area contributed by atoms with Crippen molar-refractivity contribution in [3.05, 3.63) is 57.1 Å². The van der Waals surface area contributed by atoms with E-state index in [0.29, 0.717) is 31.6 Å². The minimum atomic E-state index is -3.81. The number of benzene rings is 1. The second-order valence-corrected chi connectivity index (χ2v) is 8.33. The van der Waals surface area contributed by atoms with E-state index in [-0.39, 0.29) is 16.5 Å². The lowest BCUT2D eigenvalue weighted by molar-refractivity contribution is 0.457. The first-order chi connectivity index (χ1) is 12.7. The molecule has 8 nitrogen and oxygen atoms in total. The lowest BCUT2D eigenvalue weighted by atomic mass is 10.1. The third-order valence-electron chi connectivity index (χ3n) is 4.69. The van der Waals surface area contributed by atoms with Crippen LogP contribution in [0.15, 0.2) is 44.9 Å². The van der Waals surface area contributed by atoms with E-state index in [1.165, 1.54) is 36.0 Å². The summed E-state index contributed by atoms with van der Waals surface area (Å²) in [7, 11) is -0.812. The standard InChI is InChI=1S/C17H21FN4O4S/c1-20-11-15(16(23)21(2)17(20)24)22-8-6-13(7-9-22)19-27(25,26)14-5-3-4-12(18)10-14/h3-5,10-11,13,19H,6-9H2,1-2H3. The molecule has 1 aromatic heterocycles. The largest absolute Gasteiger partial charge is 0.366 e. The molecule has 3 rings (SSSR count). The summed E-state index contributed by atoms with van der Waals surface area (Å²) in [5, 5.41) is 0. The maximum absolute atomic E-state index is 13.3. The highest BCUT2D eigenvalue weighted by Gasteiger charge is 2.26. The lowest BCUT2D eigenvalue weighted by Gasteiger charge is -2.33. The summed E-state index contributed by atoms with van der Waals surface area (Å²) in [6, 6.07) is 4.54. The Morgan fingerprint density at radius 2 is 1.81 bits per heavy atom. The minimum Gasteiger partial charge on any atom is -0.366 e. The lowest BCUT2D eigenvalue weighted by Crippen LogP contribution is -2.47. The van der Waals surface area contributed by atoms with E-state index in [2.05, 4.69) is 4.72 Å². The number of piperidine rings is 1. The van der Waals surface area contributed by atoms with Gasteiger partial charge in [0.2, 0.25) is 10.0 Å². The number of aromatic nitrogens is 2. The molecular formula is C17H21FN4O4S. The molecule has 27 heavy (non-hydrogen) atoms. The number of hydrogen-bond donors (Lipinski definition) is 1. The second kappa shape index (κ2) is 7.28. The molecule has 2 heterocycles. The Labute approximate surface area is 155 Å². The van der Waals surface area contributed by atoms with Gasteiger partial charge in [-0.3, -0.25) is 9.36 Å². The Kier molecular flexibility index (Phi) is 5.20. The Balaban J connectivity index is 1.71. The molecule has 146 valence electrons. The number of nitrogens with one attached hydrogen (secondary N) is 1. The maximum Gasteiger partial charge on any atom is 0.330 e. The molecular weight excluding hydrogens is 375 g/mol. The van der Waals surface area contributed by atoms with Gasteiger partial charge in [0.15, 0.2) is 0 Å². The van der Waals surface area contributed by atoms with E-state index in [1.54, 1.807) is 7.05 Å². The van der Waals surface area contributed by atoms with Gasteiger partial charge < -0.3 is 9.47 Å². The third-order valence-corrected chi connectivity index (χ3v) is 6.21. The second-order valence-electron chi connectivity index (χ2n) is 6.61. The normalized spacial score (nSPS) is 15.9. The Morgan fingerprint density at radius 1 is 1.15 bits per heavy atom. The van der Waals surface area contributed by atoms with Crippen molar-refractivity contribution in [2.45, 2.75) is 23.8 Å². The van der Waals surface area contributed by atoms with E-state index >= 15 is 0 Å². The van der Waals surface area contributed by atoms with Crippen LogP contribution in [0, 0.1) is 5.82 Å². The molecule has 1 N–H and O–H groups in total. The summed E-state index contributed by atoms with van der Waals surface area (Å²) in [6.45, 7) is 0.924. The fourth-order valence-corrected chi connectivity index (χ4v) is 4.50. The highest BCUT2D eigenvalue weighted by Crippen LogP contribution is 2.18. The van der Waals surface area contributed by atoms with Crippen LogP contribution in [0.5, 0.6) is 0 Å². The highest BCUT2D eigenvalue weighted by molar-refractivity contribution is 7.89. The molecule has 1 fully saturated rings. The molecule has 0 amide bonds. The molecule has 1 aliphatic heterocycles. The predicted octanol–water partition coefficient (Wildman–Crippen LogP) is 0.170. The molecule has 0 spiro atoms. The van der Waals surface area contributed by atoms with Crippen molar-refractivity contribution < 1.29 is 12.8 Å². The average molecular weight is 396 g/mol. The van der Waals surface area contributed by atoms with Crippen molar-refractivity contribution in [3.8, 4) is 0 Å². The SMILES string of the molecule is Cn1cc(N2CCC(NS(=O)(=O)c3cccc(F)c3)CC2)c(=O)n(C)c1=O. The number of anilines is 1. The topological polar surface area (TPSA) is 93.4 Å². The number of halogens is 1. The van der Waals surface area contributed by atoms with Gasteiger partial charge in [-0.15, -0.1) is 0 Å². The number of nitrogens with zero attached hydrogens (tertiary/aromatic N) is 3. The quantitative estimate of drug-likeness (QED) is 0.795. The van der Waals surface area contributed by atoms with Crippen LogP contribution in [0.1, 0.15) is 12.8 Å². The van der Waals surface area contributed by atoms with Gasteiger partial charge in [0.05, 0.1) is 4.90 Å². The molecule has 0 aliphatic carbocycles. The number of aryl methyl sites for hydroxylation is 1. The summed E-state index contributed by atoms with van der Waals surface area (Å²) < 4.78 is 43.1. The molecule has 1 aromatic carbocycles. The van der Waals surface area contributed by atoms with Gasteiger partial charge >= 0.3 is 5.69 Å². The fourth-order valence-electron chi connectivity index (χ4n) is 3.17. The van der Waals surface area contributed by atoms with Gasteiger partial charge in [0.1, 0.15) is 11.5 Å². The number of sulfonamides is 1. The van der Waals surface area contributed by atoms with Crippen LogP contribution < -0.4 is 20.9 Å². The first-order valence-corrected chi connectivity index (χ1v) is 9.97. The predicted molar refractivity (Wildman–Crippen MR) is 98.9 cm³/mol. The van der Waals surface area contributed by atoms with Gasteiger partial charge in [-0.05, 0) is 31.0 Å². The zero-order valence-electron chi connectivity index (χ0n) is 15.1. The maximum atomic E-state index is 13.3. The van der Waals surface area contributed by atoms with Crippen LogP contribution in [-0.4, -0.2) is 36.7 Å². The van der Waals surface area contributed by atoms with Crippen LogP contribution in [-0.2, 0) is 24.1 Å². The van der Waals surface area contributed by atoms with E-state index in [9.17, 15) is 22.4 Å². The zero-order chi connectivity index (χ0) is 19.8. The first-order valence-electron chi connectivity index (χ1n) is 8.48. The Bertz CT molecular complexity index is 1070. The highest BCUT2D eigenvalue weighted by atomic mass is 32.2. The molecule has 0 atom stereocenters. The molecule has 1 saturated heterocycles. The fraction of sp³-hybridized carbons (Fsp3) is 0.412. The van der Waals surface area contributed by atoms with E-state index in [4.69, 9.17) is 0 Å². The monoisotopic (exact) mass is 396 g/mol. The van der Waals surface area contributed by atoms with Crippen molar-refractivity contribution in [1.82, 2.24) is 13.9 Å². The Hall–Kier alpha value is -2.46. The number of rotatable bonds is 4. The van der Waals surface area contributed by atoms with Crippen molar-refractivity contribution in [2.24, 2.45) is 14.1 Å². The van der Waals surface area contributed by atoms with Gasteiger partial charge in [0.25, 0.3) is 5.56 Å². The molecule has 2 aromatic rings. The summed E-state index contributed by atoms with van der Waals surface area (Å²) in [4.78, 5) is 25.9. The first kappa shape index (κ1) is 19.3.